The summed E-state index contributed by atoms with van der Waals surface area (Å²) in [6.07, 6.45) is 0.137. The standard InChI is InChI=1S/C18H19FN2O2/c19-15-7-4-8-16(11-15)20-18(22)23-17-9-10-21(13-17)12-14-5-2-1-3-6-14/h1-8,11,17H,9-10,12-13H2,(H,20,22). The fourth-order valence-electron chi connectivity index (χ4n) is 2.74. The van der Waals surface area contributed by atoms with Crippen LogP contribution in [0.25, 0.3) is 0 Å². The summed E-state index contributed by atoms with van der Waals surface area (Å²) in [4.78, 5) is 14.1. The minimum Gasteiger partial charge on any atom is -0.445 e. The molecule has 1 amide bonds. The molecule has 0 spiro atoms. The van der Waals surface area contributed by atoms with Crippen LogP contribution in [0.5, 0.6) is 0 Å². The monoisotopic (exact) mass is 314 g/mol. The van der Waals surface area contributed by atoms with Crippen LogP contribution < -0.4 is 5.32 Å². The van der Waals surface area contributed by atoms with E-state index in [0.29, 0.717) is 12.2 Å². The molecule has 120 valence electrons. The number of amides is 1. The number of carbonyl (C=O) groups is 1. The molecule has 1 aliphatic rings. The zero-order valence-electron chi connectivity index (χ0n) is 12.7. The second-order valence-electron chi connectivity index (χ2n) is 5.67. The van der Waals surface area contributed by atoms with Crippen LogP contribution in [-0.2, 0) is 11.3 Å². The van der Waals surface area contributed by atoms with Crippen molar-refractivity contribution in [3.05, 3.63) is 66.0 Å². The summed E-state index contributed by atoms with van der Waals surface area (Å²) in [5.41, 5.74) is 1.64. The minimum absolute atomic E-state index is 0.132. The molecular formula is C18H19FN2O2. The SMILES string of the molecule is O=C(Nc1cccc(F)c1)OC1CCN(Cc2ccccc2)C1. The van der Waals surface area contributed by atoms with E-state index in [1.807, 2.05) is 18.2 Å². The largest absolute Gasteiger partial charge is 0.445 e. The predicted molar refractivity (Wildman–Crippen MR) is 86.6 cm³/mol. The van der Waals surface area contributed by atoms with Gasteiger partial charge in [0.1, 0.15) is 11.9 Å². The number of benzene rings is 2. The van der Waals surface area contributed by atoms with Gasteiger partial charge in [0.05, 0.1) is 0 Å². The van der Waals surface area contributed by atoms with Gasteiger partial charge in [0.15, 0.2) is 0 Å². The summed E-state index contributed by atoms with van der Waals surface area (Å²) in [6, 6.07) is 16.0. The second kappa shape index (κ2) is 7.24. The number of hydrogen-bond acceptors (Lipinski definition) is 3. The van der Waals surface area contributed by atoms with Crippen molar-refractivity contribution in [3.8, 4) is 0 Å². The molecule has 1 atom stereocenters. The smallest absolute Gasteiger partial charge is 0.411 e. The summed E-state index contributed by atoms with van der Waals surface area (Å²) in [6.45, 7) is 2.46. The van der Waals surface area contributed by atoms with Gasteiger partial charge in [-0.15, -0.1) is 0 Å². The highest BCUT2D eigenvalue weighted by atomic mass is 19.1. The van der Waals surface area contributed by atoms with Crippen molar-refractivity contribution >= 4 is 11.8 Å². The van der Waals surface area contributed by atoms with Crippen molar-refractivity contribution in [2.45, 2.75) is 19.1 Å². The molecule has 23 heavy (non-hydrogen) atoms. The highest BCUT2D eigenvalue weighted by Gasteiger charge is 2.25. The molecule has 0 bridgehead atoms. The number of halogens is 1. The molecule has 1 N–H and O–H groups in total. The van der Waals surface area contributed by atoms with E-state index in [4.69, 9.17) is 4.74 Å². The van der Waals surface area contributed by atoms with Crippen LogP contribution in [0.2, 0.25) is 0 Å². The second-order valence-corrected chi connectivity index (χ2v) is 5.67. The normalized spacial score (nSPS) is 17.9. The summed E-state index contributed by atoms with van der Waals surface area (Å²) >= 11 is 0. The Morgan fingerprint density at radius 2 is 2.04 bits per heavy atom. The molecule has 2 aromatic carbocycles. The van der Waals surface area contributed by atoms with E-state index < -0.39 is 11.9 Å². The maximum Gasteiger partial charge on any atom is 0.411 e. The van der Waals surface area contributed by atoms with Crippen molar-refractivity contribution in [1.29, 1.82) is 0 Å². The number of rotatable bonds is 4. The molecule has 1 aliphatic heterocycles. The van der Waals surface area contributed by atoms with Crippen LogP contribution in [0, 0.1) is 5.82 Å². The number of hydrogen-bond donors (Lipinski definition) is 1. The summed E-state index contributed by atoms with van der Waals surface area (Å²) in [5.74, 6) is -0.391. The fraction of sp³-hybridized carbons (Fsp3) is 0.278. The first-order chi connectivity index (χ1) is 11.2. The number of nitrogens with one attached hydrogen (secondary N) is 1. The number of carbonyl (C=O) groups excluding carboxylic acids is 1. The fourth-order valence-corrected chi connectivity index (χ4v) is 2.74. The highest BCUT2D eigenvalue weighted by Crippen LogP contribution is 2.17. The molecule has 4 nitrogen and oxygen atoms in total. The van der Waals surface area contributed by atoms with E-state index in [1.165, 1.54) is 17.7 Å². The predicted octanol–water partition coefficient (Wildman–Crippen LogP) is 3.65. The lowest BCUT2D eigenvalue weighted by atomic mass is 10.2. The lowest BCUT2D eigenvalue weighted by Gasteiger charge is -2.16. The average molecular weight is 314 g/mol. The molecule has 0 aliphatic carbocycles. The molecule has 5 heteroatoms. The maximum absolute atomic E-state index is 13.1. The summed E-state index contributed by atoms with van der Waals surface area (Å²) in [5, 5.41) is 2.55. The van der Waals surface area contributed by atoms with Gasteiger partial charge in [0, 0.05) is 25.3 Å². The lowest BCUT2D eigenvalue weighted by Crippen LogP contribution is -2.26. The van der Waals surface area contributed by atoms with E-state index >= 15 is 0 Å². The number of likely N-dealkylation sites (tertiary alicyclic amines) is 1. The molecule has 0 aromatic heterocycles. The highest BCUT2D eigenvalue weighted by molar-refractivity contribution is 5.84. The third kappa shape index (κ3) is 4.53. The van der Waals surface area contributed by atoms with Gasteiger partial charge in [-0.2, -0.15) is 0 Å². The maximum atomic E-state index is 13.1. The van der Waals surface area contributed by atoms with E-state index in [9.17, 15) is 9.18 Å². The van der Waals surface area contributed by atoms with Crippen molar-refractivity contribution in [2.24, 2.45) is 0 Å². The van der Waals surface area contributed by atoms with Crippen LogP contribution in [0.3, 0.4) is 0 Å². The van der Waals surface area contributed by atoms with Crippen LogP contribution in [-0.4, -0.2) is 30.2 Å². The quantitative estimate of drug-likeness (QED) is 0.936. The summed E-state index contributed by atoms with van der Waals surface area (Å²) < 4.78 is 18.5. The Hall–Kier alpha value is -2.40. The lowest BCUT2D eigenvalue weighted by molar-refractivity contribution is 0.113. The molecule has 1 saturated heterocycles. The van der Waals surface area contributed by atoms with Crippen LogP contribution in [0.1, 0.15) is 12.0 Å². The average Bonchev–Trinajstić information content (AvgIpc) is 2.95. The van der Waals surface area contributed by atoms with Gasteiger partial charge >= 0.3 is 6.09 Å². The number of nitrogens with zero attached hydrogens (tertiary/aromatic N) is 1. The van der Waals surface area contributed by atoms with Gasteiger partial charge < -0.3 is 4.74 Å². The van der Waals surface area contributed by atoms with Gasteiger partial charge in [-0.1, -0.05) is 36.4 Å². The Morgan fingerprint density at radius 1 is 1.22 bits per heavy atom. The van der Waals surface area contributed by atoms with Gasteiger partial charge in [-0.25, -0.2) is 9.18 Å². The van der Waals surface area contributed by atoms with Gasteiger partial charge in [-0.05, 0) is 30.2 Å². The van der Waals surface area contributed by atoms with Crippen LogP contribution in [0.4, 0.5) is 14.9 Å². The zero-order valence-corrected chi connectivity index (χ0v) is 12.7. The van der Waals surface area contributed by atoms with Crippen LogP contribution >= 0.6 is 0 Å². The van der Waals surface area contributed by atoms with E-state index in [0.717, 1.165) is 19.5 Å². The topological polar surface area (TPSA) is 41.6 Å². The zero-order chi connectivity index (χ0) is 16.1. The molecule has 2 aromatic rings. The van der Waals surface area contributed by atoms with Crippen molar-refractivity contribution < 1.29 is 13.9 Å². The molecule has 1 heterocycles. The Kier molecular flexibility index (Phi) is 4.88. The van der Waals surface area contributed by atoms with Gasteiger partial charge in [-0.3, -0.25) is 10.2 Å². The van der Waals surface area contributed by atoms with E-state index in [-0.39, 0.29) is 6.10 Å². The van der Waals surface area contributed by atoms with Gasteiger partial charge in [0.25, 0.3) is 0 Å². The van der Waals surface area contributed by atoms with Gasteiger partial charge in [0.2, 0.25) is 0 Å². The van der Waals surface area contributed by atoms with Crippen molar-refractivity contribution in [3.63, 3.8) is 0 Å². The van der Waals surface area contributed by atoms with Crippen molar-refractivity contribution in [2.75, 3.05) is 18.4 Å². The van der Waals surface area contributed by atoms with Crippen molar-refractivity contribution in [1.82, 2.24) is 4.90 Å². The Bertz CT molecular complexity index is 663. The molecule has 0 radical (unpaired) electrons. The molecule has 1 unspecified atom stereocenters. The Balaban J connectivity index is 1.47. The summed E-state index contributed by atoms with van der Waals surface area (Å²) in [7, 11) is 0. The third-order valence-corrected chi connectivity index (χ3v) is 3.82. The van der Waals surface area contributed by atoms with E-state index in [2.05, 4.69) is 22.3 Å². The Morgan fingerprint density at radius 3 is 2.83 bits per heavy atom. The minimum atomic E-state index is -0.540. The number of ether oxygens (including phenoxy) is 1. The molecule has 1 fully saturated rings. The van der Waals surface area contributed by atoms with Crippen LogP contribution in [0.15, 0.2) is 54.6 Å². The Labute approximate surface area is 134 Å². The molecular weight excluding hydrogens is 295 g/mol. The van der Waals surface area contributed by atoms with E-state index in [1.54, 1.807) is 12.1 Å². The first-order valence-electron chi connectivity index (χ1n) is 7.68. The molecule has 0 saturated carbocycles. The number of anilines is 1. The first kappa shape index (κ1) is 15.5. The first-order valence-corrected chi connectivity index (χ1v) is 7.68. The third-order valence-electron chi connectivity index (χ3n) is 3.82. The molecule has 3 rings (SSSR count).